The second kappa shape index (κ2) is 12.2. The molecule has 7 nitrogen and oxygen atoms in total. The van der Waals surface area contributed by atoms with Crippen LogP contribution in [0.25, 0.3) is 32.9 Å². The summed E-state index contributed by atoms with van der Waals surface area (Å²) in [5, 5.41) is 1.64. The van der Waals surface area contributed by atoms with Gasteiger partial charge in [-0.1, -0.05) is 19.9 Å². The predicted molar refractivity (Wildman–Crippen MR) is 159 cm³/mol. The first-order valence-corrected chi connectivity index (χ1v) is 13.6. The fraction of sp³-hybridized carbons (Fsp3) is 0.233. The van der Waals surface area contributed by atoms with E-state index in [1.807, 2.05) is 32.9 Å². The average Bonchev–Trinajstić information content (AvgIpc) is 3.48. The Labute approximate surface area is 243 Å². The van der Waals surface area contributed by atoms with Crippen LogP contribution in [0.4, 0.5) is 8.78 Å². The van der Waals surface area contributed by atoms with Gasteiger partial charge in [0.25, 0.3) is 0 Å². The van der Waals surface area contributed by atoms with Gasteiger partial charge in [-0.25, -0.2) is 18.4 Å². The highest BCUT2D eigenvalue weighted by atomic mass is 127. The third-order valence-corrected chi connectivity index (χ3v) is 7.81. The molecule has 0 saturated heterocycles. The third kappa shape index (κ3) is 5.45. The summed E-state index contributed by atoms with van der Waals surface area (Å²) in [4.78, 5) is 33.8. The highest BCUT2D eigenvalue weighted by molar-refractivity contribution is 14.1. The number of fused-ring (bicyclic) bond motifs is 2. The quantitative estimate of drug-likeness (QED) is 0.153. The van der Waals surface area contributed by atoms with Crippen molar-refractivity contribution >= 4 is 56.3 Å². The van der Waals surface area contributed by atoms with Gasteiger partial charge in [0.05, 0.1) is 23.3 Å². The first-order valence-electron chi connectivity index (χ1n) is 12.6. The summed E-state index contributed by atoms with van der Waals surface area (Å²) in [6.07, 6.45) is 2.89. The average molecular weight is 659 g/mol. The number of hydrogen-bond acceptors (Lipinski definition) is 5. The normalized spacial score (nSPS) is 10.9. The number of halogens is 3. The van der Waals surface area contributed by atoms with Gasteiger partial charge in [0.1, 0.15) is 23.0 Å². The van der Waals surface area contributed by atoms with E-state index in [9.17, 15) is 18.4 Å². The van der Waals surface area contributed by atoms with Crippen LogP contribution in [-0.2, 0) is 22.3 Å². The van der Waals surface area contributed by atoms with Gasteiger partial charge in [0.15, 0.2) is 0 Å². The van der Waals surface area contributed by atoms with Crippen LogP contribution in [-0.4, -0.2) is 41.1 Å². The van der Waals surface area contributed by atoms with Gasteiger partial charge >= 0.3 is 11.9 Å². The van der Waals surface area contributed by atoms with Crippen LogP contribution in [0.15, 0.2) is 42.6 Å². The number of benzene rings is 2. The lowest BCUT2D eigenvalue weighted by molar-refractivity contribution is 0.0586. The van der Waals surface area contributed by atoms with Gasteiger partial charge in [-0.3, -0.25) is 4.98 Å². The van der Waals surface area contributed by atoms with Crippen molar-refractivity contribution in [2.45, 2.75) is 33.6 Å². The highest BCUT2D eigenvalue weighted by Crippen LogP contribution is 2.35. The van der Waals surface area contributed by atoms with Crippen molar-refractivity contribution in [2.75, 3.05) is 14.2 Å². The number of hydrogen-bond donors (Lipinski definition) is 2. The van der Waals surface area contributed by atoms with Crippen LogP contribution in [0.3, 0.4) is 0 Å². The summed E-state index contributed by atoms with van der Waals surface area (Å²) < 4.78 is 38.0. The monoisotopic (exact) mass is 659 g/mol. The molecule has 5 aromatic rings. The molecule has 0 fully saturated rings. The fourth-order valence-electron chi connectivity index (χ4n) is 4.56. The summed E-state index contributed by atoms with van der Waals surface area (Å²) in [5.74, 6) is -1.47. The molecule has 0 unspecified atom stereocenters. The fourth-order valence-corrected chi connectivity index (χ4v) is 5.36. The van der Waals surface area contributed by atoms with Gasteiger partial charge in [-0.05, 0) is 83.8 Å². The van der Waals surface area contributed by atoms with E-state index in [1.165, 1.54) is 26.4 Å². The molecule has 10 heteroatoms. The van der Waals surface area contributed by atoms with E-state index in [0.717, 1.165) is 25.6 Å². The molecule has 5 rings (SSSR count). The Morgan fingerprint density at radius 1 is 0.875 bits per heavy atom. The summed E-state index contributed by atoms with van der Waals surface area (Å²) in [6.45, 7) is 5.66. The molecule has 0 aliphatic heterocycles. The number of aryl methyl sites for hydroxylation is 3. The van der Waals surface area contributed by atoms with Crippen LogP contribution < -0.4 is 0 Å². The number of methoxy groups -OCH3 is 2. The van der Waals surface area contributed by atoms with Gasteiger partial charge in [-0.15, -0.1) is 0 Å². The summed E-state index contributed by atoms with van der Waals surface area (Å²) >= 11 is 2.06. The van der Waals surface area contributed by atoms with Crippen LogP contribution in [0, 0.1) is 22.1 Å². The number of ether oxygens (including phenoxy) is 2. The zero-order chi connectivity index (χ0) is 29.1. The standard InChI is InChI=1S/C18H17FN2O2.C12H11FINO2/c1-4-11-8-13-15(9-14(11)19)21-17(18(22)23-3)16(13)12-6-5-7-20-10(12)2;1-3-6-4-7-9(5-8(6)13)15-11(10(7)14)12(16)17-2/h5-9,21H,4H2,1-3H3;4-5,15H,3H2,1-2H3. The topological polar surface area (TPSA) is 97.1 Å². The van der Waals surface area contributed by atoms with E-state index >= 15 is 0 Å². The van der Waals surface area contributed by atoms with Crippen LogP contribution in [0.2, 0.25) is 0 Å². The number of nitrogens with zero attached hydrogens (tertiary/aromatic N) is 1. The third-order valence-electron chi connectivity index (χ3n) is 6.68. The molecule has 0 radical (unpaired) electrons. The molecule has 0 spiro atoms. The number of pyridine rings is 1. The van der Waals surface area contributed by atoms with Gasteiger partial charge < -0.3 is 19.4 Å². The molecule has 40 heavy (non-hydrogen) atoms. The molecule has 2 aromatic carbocycles. The zero-order valence-corrected chi connectivity index (χ0v) is 24.8. The Hall–Kier alpha value is -3.80. The smallest absolute Gasteiger partial charge is 0.355 e. The van der Waals surface area contributed by atoms with Crippen molar-refractivity contribution in [2.24, 2.45) is 0 Å². The van der Waals surface area contributed by atoms with Crippen molar-refractivity contribution < 1.29 is 27.8 Å². The second-order valence-corrected chi connectivity index (χ2v) is 10.1. The van der Waals surface area contributed by atoms with Crippen LogP contribution in [0.1, 0.15) is 51.6 Å². The number of H-pyrrole nitrogens is 2. The van der Waals surface area contributed by atoms with E-state index in [0.29, 0.717) is 52.0 Å². The van der Waals surface area contributed by atoms with Crippen molar-refractivity contribution in [3.05, 3.63) is 86.0 Å². The molecule has 2 N–H and O–H groups in total. The zero-order valence-electron chi connectivity index (χ0n) is 22.7. The minimum atomic E-state index is -0.488. The molecule has 0 amide bonds. The number of esters is 2. The Morgan fingerprint density at radius 2 is 1.40 bits per heavy atom. The van der Waals surface area contributed by atoms with E-state index in [-0.39, 0.29) is 11.6 Å². The Kier molecular flexibility index (Phi) is 8.87. The lowest BCUT2D eigenvalue weighted by Crippen LogP contribution is -2.04. The number of aromatic amines is 2. The van der Waals surface area contributed by atoms with E-state index in [1.54, 1.807) is 18.3 Å². The number of nitrogens with one attached hydrogen (secondary N) is 2. The Bertz CT molecular complexity index is 1740. The molecule has 3 heterocycles. The second-order valence-electron chi connectivity index (χ2n) is 8.99. The summed E-state index contributed by atoms with van der Waals surface area (Å²) in [7, 11) is 2.65. The maximum absolute atomic E-state index is 14.1. The van der Waals surface area contributed by atoms with Crippen molar-refractivity contribution in [1.82, 2.24) is 15.0 Å². The first-order chi connectivity index (χ1) is 19.1. The van der Waals surface area contributed by atoms with Gasteiger partial charge in [0, 0.05) is 39.3 Å². The van der Waals surface area contributed by atoms with Gasteiger partial charge in [0.2, 0.25) is 0 Å². The minimum Gasteiger partial charge on any atom is -0.464 e. The molecule has 0 aliphatic rings. The van der Waals surface area contributed by atoms with E-state index in [4.69, 9.17) is 4.74 Å². The molecule has 208 valence electrons. The van der Waals surface area contributed by atoms with Crippen LogP contribution in [0.5, 0.6) is 0 Å². The first kappa shape index (κ1) is 29.2. The van der Waals surface area contributed by atoms with Crippen LogP contribution >= 0.6 is 22.6 Å². The SMILES string of the molecule is CCc1cc2c(-c3cccnc3C)c(C(=O)OC)[nH]c2cc1F.CCc1cc2c(I)c(C(=O)OC)[nH]c2cc1F. The highest BCUT2D eigenvalue weighted by Gasteiger charge is 2.22. The molecule has 0 saturated carbocycles. The number of rotatable bonds is 5. The maximum Gasteiger partial charge on any atom is 0.355 e. The lowest BCUT2D eigenvalue weighted by atomic mass is 9.99. The minimum absolute atomic E-state index is 0.255. The Morgan fingerprint density at radius 3 is 1.95 bits per heavy atom. The Balaban J connectivity index is 0.000000194. The van der Waals surface area contributed by atoms with Crippen molar-refractivity contribution in [3.63, 3.8) is 0 Å². The predicted octanol–water partition coefficient (Wildman–Crippen LogP) is 7.29. The van der Waals surface area contributed by atoms with Crippen molar-refractivity contribution in [1.29, 1.82) is 0 Å². The van der Waals surface area contributed by atoms with E-state index < -0.39 is 11.9 Å². The molecular formula is C30H28F2IN3O4. The number of carbonyl (C=O) groups is 2. The molecular weight excluding hydrogens is 631 g/mol. The molecule has 3 aromatic heterocycles. The summed E-state index contributed by atoms with van der Waals surface area (Å²) in [5.41, 5.74) is 5.44. The molecule has 0 bridgehead atoms. The van der Waals surface area contributed by atoms with Crippen molar-refractivity contribution in [3.8, 4) is 11.1 Å². The maximum atomic E-state index is 14.1. The van der Waals surface area contributed by atoms with Gasteiger partial charge in [-0.2, -0.15) is 0 Å². The summed E-state index contributed by atoms with van der Waals surface area (Å²) in [6, 6.07) is 10.1. The molecule has 0 atom stereocenters. The lowest BCUT2D eigenvalue weighted by Gasteiger charge is -2.07. The number of aromatic nitrogens is 3. The molecule has 0 aliphatic carbocycles. The number of carbonyl (C=O) groups excluding carboxylic acids is 2. The van der Waals surface area contributed by atoms with E-state index in [2.05, 4.69) is 42.3 Å². The largest absolute Gasteiger partial charge is 0.464 e.